The molecular formula is C22H18FN5OS. The third-order valence-corrected chi connectivity index (χ3v) is 6.14. The average molecular weight is 419 g/mol. The van der Waals surface area contributed by atoms with Crippen LogP contribution in [0, 0.1) is 17.1 Å². The summed E-state index contributed by atoms with van der Waals surface area (Å²) in [6.45, 7) is 1.96. The number of nitrogens with zero attached hydrogens (tertiary/aromatic N) is 5. The summed E-state index contributed by atoms with van der Waals surface area (Å²) in [7, 11) is 0. The molecule has 8 heteroatoms. The number of halogens is 1. The van der Waals surface area contributed by atoms with Crippen molar-refractivity contribution in [2.75, 3.05) is 0 Å². The van der Waals surface area contributed by atoms with Crippen molar-refractivity contribution < 1.29 is 9.50 Å². The van der Waals surface area contributed by atoms with Crippen molar-refractivity contribution in [3.8, 4) is 17.3 Å². The molecule has 0 radical (unpaired) electrons. The van der Waals surface area contributed by atoms with E-state index in [9.17, 15) is 9.50 Å². The normalized spacial score (nSPS) is 14.1. The van der Waals surface area contributed by atoms with E-state index in [1.165, 1.54) is 40.8 Å². The van der Waals surface area contributed by atoms with Crippen LogP contribution in [0.25, 0.3) is 11.3 Å². The van der Waals surface area contributed by atoms with Gasteiger partial charge in [0.1, 0.15) is 24.1 Å². The number of aromatic nitrogens is 4. The van der Waals surface area contributed by atoms with Gasteiger partial charge in [0.05, 0.1) is 28.9 Å². The Morgan fingerprint density at radius 2 is 2.07 bits per heavy atom. The van der Waals surface area contributed by atoms with E-state index in [1.54, 1.807) is 24.3 Å². The van der Waals surface area contributed by atoms with Crippen LogP contribution in [0.15, 0.2) is 66.6 Å². The fourth-order valence-corrected chi connectivity index (χ4v) is 4.31. The molecular weight excluding hydrogens is 401 g/mol. The van der Waals surface area contributed by atoms with Crippen molar-refractivity contribution in [3.63, 3.8) is 0 Å². The van der Waals surface area contributed by atoms with Crippen LogP contribution < -0.4 is 0 Å². The zero-order valence-corrected chi connectivity index (χ0v) is 16.9. The van der Waals surface area contributed by atoms with Crippen LogP contribution in [-0.4, -0.2) is 24.9 Å². The van der Waals surface area contributed by atoms with E-state index in [0.717, 1.165) is 11.3 Å². The minimum Gasteiger partial charge on any atom is -0.382 e. The average Bonchev–Trinajstić information content (AvgIpc) is 3.45. The SMILES string of the molecule is CC(c1nc(-c2ccc(C#N)cc2)cs1)C(O)(Cn1cncn1)c1cccc(F)c1. The Kier molecular flexibility index (Phi) is 5.40. The lowest BCUT2D eigenvalue weighted by Gasteiger charge is -2.33. The van der Waals surface area contributed by atoms with Crippen LogP contribution in [0.2, 0.25) is 0 Å². The van der Waals surface area contributed by atoms with E-state index in [1.807, 2.05) is 24.4 Å². The molecule has 0 aliphatic carbocycles. The summed E-state index contributed by atoms with van der Waals surface area (Å²) in [4.78, 5) is 8.65. The first-order valence-corrected chi connectivity index (χ1v) is 10.1. The summed E-state index contributed by atoms with van der Waals surface area (Å²) in [5, 5.41) is 27.4. The van der Waals surface area contributed by atoms with Gasteiger partial charge in [0.25, 0.3) is 0 Å². The first-order chi connectivity index (χ1) is 14.5. The van der Waals surface area contributed by atoms with Gasteiger partial charge in [-0.2, -0.15) is 10.4 Å². The number of thiazole rings is 1. The molecule has 0 aliphatic rings. The predicted molar refractivity (Wildman–Crippen MR) is 111 cm³/mol. The second-order valence-corrected chi connectivity index (χ2v) is 7.90. The number of aliphatic hydroxyl groups is 1. The molecule has 150 valence electrons. The maximum atomic E-state index is 13.9. The van der Waals surface area contributed by atoms with Crippen LogP contribution in [0.5, 0.6) is 0 Å². The lowest BCUT2D eigenvalue weighted by atomic mass is 9.82. The minimum absolute atomic E-state index is 0.101. The predicted octanol–water partition coefficient (Wildman–Crippen LogP) is 4.10. The number of benzene rings is 2. The Balaban J connectivity index is 1.70. The molecule has 4 rings (SSSR count). The Hall–Kier alpha value is -3.41. The van der Waals surface area contributed by atoms with Crippen LogP contribution in [0.4, 0.5) is 4.39 Å². The molecule has 6 nitrogen and oxygen atoms in total. The third-order valence-electron chi connectivity index (χ3n) is 5.11. The van der Waals surface area contributed by atoms with Crippen molar-refractivity contribution in [3.05, 3.63) is 88.5 Å². The number of hydrogen-bond donors (Lipinski definition) is 1. The van der Waals surface area contributed by atoms with Crippen LogP contribution in [0.3, 0.4) is 0 Å². The van der Waals surface area contributed by atoms with E-state index in [0.29, 0.717) is 16.1 Å². The van der Waals surface area contributed by atoms with Crippen molar-refractivity contribution in [2.24, 2.45) is 0 Å². The van der Waals surface area contributed by atoms with Gasteiger partial charge in [0.15, 0.2) is 0 Å². The first-order valence-electron chi connectivity index (χ1n) is 9.26. The molecule has 30 heavy (non-hydrogen) atoms. The van der Waals surface area contributed by atoms with Gasteiger partial charge in [-0.15, -0.1) is 11.3 Å². The molecule has 0 saturated carbocycles. The van der Waals surface area contributed by atoms with E-state index in [2.05, 4.69) is 16.2 Å². The largest absolute Gasteiger partial charge is 0.382 e. The van der Waals surface area contributed by atoms with E-state index < -0.39 is 17.3 Å². The summed E-state index contributed by atoms with van der Waals surface area (Å²) in [5.41, 5.74) is 1.22. The lowest BCUT2D eigenvalue weighted by molar-refractivity contribution is -0.00827. The quantitative estimate of drug-likeness (QED) is 0.508. The molecule has 2 aromatic carbocycles. The summed E-state index contributed by atoms with van der Waals surface area (Å²) in [6, 6.07) is 15.2. The summed E-state index contributed by atoms with van der Waals surface area (Å²) >= 11 is 1.43. The van der Waals surface area contributed by atoms with Gasteiger partial charge >= 0.3 is 0 Å². The highest BCUT2D eigenvalue weighted by Crippen LogP contribution is 2.40. The Morgan fingerprint density at radius 1 is 1.27 bits per heavy atom. The van der Waals surface area contributed by atoms with Crippen LogP contribution in [-0.2, 0) is 12.1 Å². The highest BCUT2D eigenvalue weighted by atomic mass is 32.1. The molecule has 0 spiro atoms. The molecule has 0 saturated heterocycles. The smallest absolute Gasteiger partial charge is 0.137 e. The van der Waals surface area contributed by atoms with E-state index >= 15 is 0 Å². The molecule has 0 bridgehead atoms. The first kappa shape index (κ1) is 19.9. The van der Waals surface area contributed by atoms with Gasteiger partial charge in [0, 0.05) is 16.9 Å². The minimum atomic E-state index is -1.45. The molecule has 2 aromatic heterocycles. The molecule has 4 aromatic rings. The highest BCUT2D eigenvalue weighted by molar-refractivity contribution is 7.10. The summed E-state index contributed by atoms with van der Waals surface area (Å²) in [5.74, 6) is -0.866. The zero-order chi connectivity index (χ0) is 21.1. The zero-order valence-electron chi connectivity index (χ0n) is 16.1. The van der Waals surface area contributed by atoms with Gasteiger partial charge in [0.2, 0.25) is 0 Å². The molecule has 2 heterocycles. The van der Waals surface area contributed by atoms with Gasteiger partial charge in [-0.3, -0.25) is 0 Å². The standard InChI is InChI=1S/C22H18FN5OS/c1-15(21-27-20(11-30-21)17-7-5-16(10-24)6-8-17)22(29,12-28-14-25-13-26-28)18-3-2-4-19(23)9-18/h2-9,11,13-15,29H,12H2,1H3. The molecule has 0 amide bonds. The van der Waals surface area contributed by atoms with E-state index in [-0.39, 0.29) is 6.54 Å². The van der Waals surface area contributed by atoms with Crippen molar-refractivity contribution in [1.29, 1.82) is 5.26 Å². The number of hydrogen-bond acceptors (Lipinski definition) is 6. The fraction of sp³-hybridized carbons (Fsp3) is 0.182. The van der Waals surface area contributed by atoms with Gasteiger partial charge in [-0.1, -0.05) is 31.2 Å². The van der Waals surface area contributed by atoms with Gasteiger partial charge in [-0.25, -0.2) is 19.0 Å². The second-order valence-electron chi connectivity index (χ2n) is 7.01. The van der Waals surface area contributed by atoms with Crippen molar-refractivity contribution >= 4 is 11.3 Å². The summed E-state index contributed by atoms with van der Waals surface area (Å²) < 4.78 is 15.5. The Morgan fingerprint density at radius 3 is 2.73 bits per heavy atom. The topological polar surface area (TPSA) is 87.6 Å². The number of nitriles is 1. The fourth-order valence-electron chi connectivity index (χ4n) is 3.34. The number of rotatable bonds is 6. The van der Waals surface area contributed by atoms with Crippen molar-refractivity contribution in [1.82, 2.24) is 19.7 Å². The molecule has 2 atom stereocenters. The van der Waals surface area contributed by atoms with Crippen LogP contribution >= 0.6 is 11.3 Å². The maximum Gasteiger partial charge on any atom is 0.137 e. The van der Waals surface area contributed by atoms with Gasteiger partial charge in [-0.05, 0) is 29.8 Å². The lowest BCUT2D eigenvalue weighted by Crippen LogP contribution is -2.37. The second kappa shape index (κ2) is 8.14. The summed E-state index contributed by atoms with van der Waals surface area (Å²) in [6.07, 6.45) is 2.91. The third kappa shape index (κ3) is 3.85. The molecule has 2 unspecified atom stereocenters. The molecule has 1 N–H and O–H groups in total. The van der Waals surface area contributed by atoms with Crippen LogP contribution in [0.1, 0.15) is 29.0 Å². The Labute approximate surface area is 176 Å². The maximum absolute atomic E-state index is 13.9. The van der Waals surface area contributed by atoms with Crippen molar-refractivity contribution in [2.45, 2.75) is 25.0 Å². The molecule has 0 aliphatic heterocycles. The Bertz CT molecular complexity index is 1180. The monoisotopic (exact) mass is 419 g/mol. The van der Waals surface area contributed by atoms with E-state index in [4.69, 9.17) is 10.2 Å². The highest BCUT2D eigenvalue weighted by Gasteiger charge is 2.39. The molecule has 0 fully saturated rings. The van der Waals surface area contributed by atoms with Gasteiger partial charge < -0.3 is 5.11 Å².